The van der Waals surface area contributed by atoms with Gasteiger partial charge in [-0.3, -0.25) is 0 Å². The van der Waals surface area contributed by atoms with Crippen molar-refractivity contribution in [2.45, 2.75) is 30.6 Å². The van der Waals surface area contributed by atoms with Crippen molar-refractivity contribution in [3.63, 3.8) is 0 Å². The van der Waals surface area contributed by atoms with E-state index in [2.05, 4.69) is 25.6 Å². The molecule has 4 atom stereocenters. The zero-order chi connectivity index (χ0) is 10.8. The third kappa shape index (κ3) is 0.984. The van der Waals surface area contributed by atoms with E-state index in [1.807, 2.05) is 0 Å². The average molecular weight is 226 g/mol. The zero-order valence-corrected chi connectivity index (χ0v) is 8.21. The molecule has 2 saturated heterocycles. The lowest BCUT2D eigenvalue weighted by molar-refractivity contribution is -0.200. The number of nitrogens with zero attached hydrogens (tertiary/aromatic N) is 2. The minimum atomic E-state index is -1.28. The van der Waals surface area contributed by atoms with Crippen LogP contribution in [0.3, 0.4) is 0 Å². The number of aliphatic hydroxyl groups is 1. The van der Waals surface area contributed by atoms with Crippen LogP contribution in [0, 0.1) is 0 Å². The fourth-order valence-electron chi connectivity index (χ4n) is 2.44. The molecule has 4 heterocycles. The van der Waals surface area contributed by atoms with Crippen molar-refractivity contribution in [1.29, 1.82) is 0 Å². The summed E-state index contributed by atoms with van der Waals surface area (Å²) in [5.41, 5.74) is -1.28. The molecule has 0 aromatic carbocycles. The molecular formula is C8H10N4O4. The molecular weight excluding hydrogens is 216 g/mol. The van der Waals surface area contributed by atoms with E-state index in [0.29, 0.717) is 24.7 Å². The van der Waals surface area contributed by atoms with Crippen LogP contribution >= 0.6 is 0 Å². The number of aromatic nitrogens is 2. The van der Waals surface area contributed by atoms with Crippen molar-refractivity contribution in [2.75, 3.05) is 17.2 Å². The lowest BCUT2D eigenvalue weighted by Crippen LogP contribution is -2.57. The molecule has 0 unspecified atom stereocenters. The van der Waals surface area contributed by atoms with Gasteiger partial charge in [-0.25, -0.2) is 4.63 Å². The third-order valence-electron chi connectivity index (χ3n) is 3.23. The van der Waals surface area contributed by atoms with Crippen molar-refractivity contribution in [2.24, 2.45) is 0 Å². The van der Waals surface area contributed by atoms with Crippen LogP contribution < -0.4 is 10.6 Å². The van der Waals surface area contributed by atoms with E-state index in [1.165, 1.54) is 0 Å². The highest BCUT2D eigenvalue weighted by molar-refractivity contribution is 5.61. The van der Waals surface area contributed by atoms with E-state index in [4.69, 9.17) is 9.47 Å². The van der Waals surface area contributed by atoms with Crippen molar-refractivity contribution < 1.29 is 19.2 Å². The fourth-order valence-corrected chi connectivity index (χ4v) is 2.44. The van der Waals surface area contributed by atoms with Crippen LogP contribution in [0.5, 0.6) is 0 Å². The second-order valence-electron chi connectivity index (χ2n) is 4.31. The fraction of sp³-hybridized carbons (Fsp3) is 0.750. The van der Waals surface area contributed by atoms with Gasteiger partial charge < -0.3 is 25.2 Å². The maximum absolute atomic E-state index is 10.4. The van der Waals surface area contributed by atoms with E-state index >= 15 is 0 Å². The molecule has 4 bridgehead atoms. The summed E-state index contributed by atoms with van der Waals surface area (Å²) in [6.07, 6.45) is -0.270. The summed E-state index contributed by atoms with van der Waals surface area (Å²) in [5, 5.41) is 23.8. The molecule has 0 spiro atoms. The topological polar surface area (TPSA) is 102 Å². The van der Waals surface area contributed by atoms with Crippen LogP contribution in [-0.4, -0.2) is 46.2 Å². The van der Waals surface area contributed by atoms with Crippen molar-refractivity contribution in [3.8, 4) is 0 Å². The Labute approximate surface area is 89.9 Å². The minimum absolute atomic E-state index is 0.0654. The lowest BCUT2D eigenvalue weighted by atomic mass is 9.97. The van der Waals surface area contributed by atoms with Gasteiger partial charge in [0.1, 0.15) is 6.10 Å². The Morgan fingerprint density at radius 3 is 3.19 bits per heavy atom. The molecule has 3 aliphatic heterocycles. The summed E-state index contributed by atoms with van der Waals surface area (Å²) in [7, 11) is 0. The Bertz CT molecular complexity index is 437. The van der Waals surface area contributed by atoms with Crippen LogP contribution in [0.1, 0.15) is 6.42 Å². The molecule has 16 heavy (non-hydrogen) atoms. The second-order valence-corrected chi connectivity index (χ2v) is 4.31. The van der Waals surface area contributed by atoms with Gasteiger partial charge >= 0.3 is 0 Å². The van der Waals surface area contributed by atoms with Crippen LogP contribution in [0.4, 0.5) is 11.6 Å². The number of hydrogen-bond donors (Lipinski definition) is 3. The first-order chi connectivity index (χ1) is 7.74. The minimum Gasteiger partial charge on any atom is -0.366 e. The van der Waals surface area contributed by atoms with Gasteiger partial charge in [0.2, 0.25) is 17.9 Å². The van der Waals surface area contributed by atoms with Gasteiger partial charge in [-0.2, -0.15) is 0 Å². The van der Waals surface area contributed by atoms with Crippen molar-refractivity contribution in [3.05, 3.63) is 0 Å². The number of anilines is 2. The average Bonchev–Trinajstić information content (AvgIpc) is 2.83. The normalized spacial score (nSPS) is 44.2. The number of ether oxygens (including phenoxy) is 2. The maximum atomic E-state index is 10.4. The highest BCUT2D eigenvalue weighted by Gasteiger charge is 2.55. The lowest BCUT2D eigenvalue weighted by Gasteiger charge is -2.38. The number of rotatable bonds is 0. The zero-order valence-electron chi connectivity index (χ0n) is 8.21. The summed E-state index contributed by atoms with van der Waals surface area (Å²) in [4.78, 5) is 0. The molecule has 86 valence electrons. The first-order valence-corrected chi connectivity index (χ1v) is 5.11. The van der Waals surface area contributed by atoms with Gasteiger partial charge in [0, 0.05) is 6.42 Å². The Hall–Kier alpha value is -1.38. The van der Waals surface area contributed by atoms with Crippen LogP contribution in [0.15, 0.2) is 4.63 Å². The summed E-state index contributed by atoms with van der Waals surface area (Å²) in [6.45, 7) is 0.465. The largest absolute Gasteiger partial charge is 0.366 e. The quantitative estimate of drug-likeness (QED) is 0.523. The molecule has 1 aromatic heterocycles. The Balaban J connectivity index is 1.82. The first kappa shape index (κ1) is 8.74. The maximum Gasteiger partial charge on any atom is 0.217 e. The summed E-state index contributed by atoms with van der Waals surface area (Å²) in [6, 6.07) is -0.0654. The molecule has 1 aromatic rings. The predicted octanol–water partition coefficient (Wildman–Crippen LogP) is -0.891. The third-order valence-corrected chi connectivity index (χ3v) is 3.23. The molecule has 2 fully saturated rings. The van der Waals surface area contributed by atoms with Gasteiger partial charge in [-0.1, -0.05) is 0 Å². The molecule has 8 nitrogen and oxygen atoms in total. The van der Waals surface area contributed by atoms with Crippen LogP contribution in [-0.2, 0) is 9.47 Å². The van der Waals surface area contributed by atoms with Gasteiger partial charge in [0.05, 0.1) is 12.6 Å². The highest BCUT2D eigenvalue weighted by Crippen LogP contribution is 2.40. The van der Waals surface area contributed by atoms with E-state index in [1.54, 1.807) is 0 Å². The second kappa shape index (κ2) is 2.65. The summed E-state index contributed by atoms with van der Waals surface area (Å²) < 4.78 is 15.6. The molecule has 8 heteroatoms. The van der Waals surface area contributed by atoms with Gasteiger partial charge in [-0.15, -0.1) is 0 Å². The monoisotopic (exact) mass is 226 g/mol. The Morgan fingerprint density at radius 1 is 1.38 bits per heavy atom. The number of nitrogens with one attached hydrogen (secondary N) is 2. The SMILES string of the molecule is O[C@@]12C[C@H](Nc3nonc3N1)[C@H]1CO[C@@H]2O1. The van der Waals surface area contributed by atoms with Gasteiger partial charge in [0.25, 0.3) is 0 Å². The van der Waals surface area contributed by atoms with E-state index < -0.39 is 12.0 Å². The molecule has 0 saturated carbocycles. The van der Waals surface area contributed by atoms with E-state index in [0.717, 1.165) is 0 Å². The summed E-state index contributed by atoms with van der Waals surface area (Å²) in [5.74, 6) is 0.877. The molecule has 0 radical (unpaired) electrons. The number of fused-ring (bicyclic) bond motifs is 7. The van der Waals surface area contributed by atoms with Gasteiger partial charge in [-0.05, 0) is 10.3 Å². The molecule has 4 rings (SSSR count). The highest BCUT2D eigenvalue weighted by atomic mass is 16.7. The van der Waals surface area contributed by atoms with Crippen molar-refractivity contribution in [1.82, 2.24) is 10.3 Å². The van der Waals surface area contributed by atoms with Gasteiger partial charge in [0.15, 0.2) is 5.72 Å². The summed E-state index contributed by atoms with van der Waals surface area (Å²) >= 11 is 0. The van der Waals surface area contributed by atoms with E-state index in [-0.39, 0.29) is 12.1 Å². The Morgan fingerprint density at radius 2 is 2.25 bits per heavy atom. The van der Waals surface area contributed by atoms with Crippen molar-refractivity contribution >= 4 is 11.6 Å². The molecule has 0 aliphatic carbocycles. The smallest absolute Gasteiger partial charge is 0.217 e. The Kier molecular flexibility index (Phi) is 1.45. The standard InChI is InChI=1S/C8H10N4O4/c13-8-1-3(4-2-14-7(8)15-4)9-5-6(10-8)12-16-11-5/h3-4,7,13H,1-2H2,(H,9,11)(H,10,12)/t3-,4+,7+,8+/m0/s1. The molecule has 0 amide bonds. The predicted molar refractivity (Wildman–Crippen MR) is 49.5 cm³/mol. The molecule has 3 N–H and O–H groups in total. The van der Waals surface area contributed by atoms with Crippen LogP contribution in [0.25, 0.3) is 0 Å². The van der Waals surface area contributed by atoms with E-state index in [9.17, 15) is 5.11 Å². The van der Waals surface area contributed by atoms with Crippen LogP contribution in [0.2, 0.25) is 0 Å². The number of hydrogen-bond acceptors (Lipinski definition) is 8. The first-order valence-electron chi connectivity index (χ1n) is 5.11. The molecule has 3 aliphatic rings.